The summed E-state index contributed by atoms with van der Waals surface area (Å²) in [7, 11) is 1.74. The molecule has 1 saturated heterocycles. The smallest absolute Gasteiger partial charge is 0.218 e. The summed E-state index contributed by atoms with van der Waals surface area (Å²) < 4.78 is 24.7. The number of benzene rings is 1. The molecule has 1 fully saturated rings. The Labute approximate surface area is 206 Å². The van der Waals surface area contributed by atoms with E-state index in [-0.39, 0.29) is 35.8 Å². The van der Waals surface area contributed by atoms with Crippen molar-refractivity contribution in [1.82, 2.24) is 20.5 Å². The summed E-state index contributed by atoms with van der Waals surface area (Å²) in [6, 6.07) is 10.7. The van der Waals surface area contributed by atoms with Gasteiger partial charge in [0.15, 0.2) is 5.96 Å². The van der Waals surface area contributed by atoms with Crippen LogP contribution in [-0.2, 0) is 11.3 Å². The van der Waals surface area contributed by atoms with Crippen LogP contribution >= 0.6 is 24.0 Å². The van der Waals surface area contributed by atoms with Crippen molar-refractivity contribution in [1.29, 1.82) is 0 Å². The Balaban J connectivity index is 0.00000363. The summed E-state index contributed by atoms with van der Waals surface area (Å²) in [6.07, 6.45) is 2.66. The zero-order chi connectivity index (χ0) is 21.9. The molecule has 9 heteroatoms. The number of hydrogen-bond acceptors (Lipinski definition) is 5. The van der Waals surface area contributed by atoms with Crippen LogP contribution in [0.5, 0.6) is 5.88 Å². The molecule has 0 saturated carbocycles. The van der Waals surface area contributed by atoms with E-state index in [1.807, 2.05) is 24.3 Å². The number of pyridine rings is 1. The molecule has 1 aromatic carbocycles. The Morgan fingerprint density at radius 3 is 2.66 bits per heavy atom. The lowest BCUT2D eigenvalue weighted by atomic mass is 10.0. The summed E-state index contributed by atoms with van der Waals surface area (Å²) in [5.74, 6) is 1.10. The number of aromatic nitrogens is 1. The van der Waals surface area contributed by atoms with E-state index in [0.717, 1.165) is 30.6 Å². The zero-order valence-corrected chi connectivity index (χ0v) is 21.1. The Morgan fingerprint density at radius 1 is 1.22 bits per heavy atom. The van der Waals surface area contributed by atoms with E-state index in [9.17, 15) is 4.39 Å². The molecule has 1 unspecified atom stereocenters. The van der Waals surface area contributed by atoms with Crippen molar-refractivity contribution in [2.75, 3.05) is 46.5 Å². The number of halogens is 2. The molecule has 7 nitrogen and oxygen atoms in total. The minimum Gasteiger partial charge on any atom is -0.477 e. The molecule has 0 radical (unpaired) electrons. The summed E-state index contributed by atoms with van der Waals surface area (Å²) in [6.45, 7) is 6.96. The number of guanidine groups is 1. The Kier molecular flexibility index (Phi) is 11.7. The fraction of sp³-hybridized carbons (Fsp3) is 0.478. The lowest BCUT2D eigenvalue weighted by Crippen LogP contribution is -2.46. The van der Waals surface area contributed by atoms with Crippen LogP contribution in [0.1, 0.15) is 30.5 Å². The predicted octanol–water partition coefficient (Wildman–Crippen LogP) is 3.37. The zero-order valence-electron chi connectivity index (χ0n) is 18.7. The molecule has 1 aromatic heterocycles. The number of aliphatic imine (C=N–C) groups is 1. The molecule has 3 rings (SSSR count). The van der Waals surface area contributed by atoms with Crippen LogP contribution in [0.25, 0.3) is 0 Å². The highest BCUT2D eigenvalue weighted by atomic mass is 127. The number of ether oxygens (including phenoxy) is 2. The molecule has 1 aliphatic rings. The van der Waals surface area contributed by atoms with Crippen molar-refractivity contribution in [3.8, 4) is 5.88 Å². The van der Waals surface area contributed by atoms with Crippen LogP contribution in [0.15, 0.2) is 47.6 Å². The summed E-state index contributed by atoms with van der Waals surface area (Å²) >= 11 is 0. The minimum absolute atomic E-state index is 0. The van der Waals surface area contributed by atoms with E-state index in [0.29, 0.717) is 44.7 Å². The highest BCUT2D eigenvalue weighted by molar-refractivity contribution is 14.0. The number of nitrogens with zero attached hydrogens (tertiary/aromatic N) is 3. The molecule has 2 aromatic rings. The molecule has 1 atom stereocenters. The van der Waals surface area contributed by atoms with Gasteiger partial charge in [0.05, 0.1) is 25.9 Å². The first-order chi connectivity index (χ1) is 15.2. The molecule has 32 heavy (non-hydrogen) atoms. The molecule has 0 bridgehead atoms. The minimum atomic E-state index is -0.229. The van der Waals surface area contributed by atoms with Gasteiger partial charge in [-0.1, -0.05) is 25.1 Å². The van der Waals surface area contributed by atoms with E-state index < -0.39 is 0 Å². The maximum Gasteiger partial charge on any atom is 0.218 e. The quantitative estimate of drug-likeness (QED) is 0.280. The van der Waals surface area contributed by atoms with Gasteiger partial charge in [-0.2, -0.15) is 0 Å². The average molecular weight is 557 g/mol. The van der Waals surface area contributed by atoms with E-state index in [1.165, 1.54) is 12.1 Å². The normalized spacial score (nSPS) is 15.5. The van der Waals surface area contributed by atoms with Gasteiger partial charge >= 0.3 is 0 Å². The molecular weight excluding hydrogens is 524 g/mol. The number of morpholine rings is 1. The highest BCUT2D eigenvalue weighted by Gasteiger charge is 2.23. The van der Waals surface area contributed by atoms with Crippen molar-refractivity contribution in [3.63, 3.8) is 0 Å². The largest absolute Gasteiger partial charge is 0.477 e. The topological polar surface area (TPSA) is 71.0 Å². The molecule has 0 amide bonds. The molecule has 0 spiro atoms. The Hall–Kier alpha value is -1.98. The van der Waals surface area contributed by atoms with Crippen LogP contribution in [0.3, 0.4) is 0 Å². The third-order valence-corrected chi connectivity index (χ3v) is 5.17. The number of rotatable bonds is 9. The Morgan fingerprint density at radius 2 is 1.97 bits per heavy atom. The van der Waals surface area contributed by atoms with Gasteiger partial charge in [-0.05, 0) is 30.2 Å². The Bertz CT molecular complexity index is 831. The van der Waals surface area contributed by atoms with E-state index in [2.05, 4.69) is 32.4 Å². The van der Waals surface area contributed by atoms with Crippen LogP contribution in [0.4, 0.5) is 4.39 Å². The monoisotopic (exact) mass is 557 g/mol. The lowest BCUT2D eigenvalue weighted by molar-refractivity contribution is 0.0170. The lowest BCUT2D eigenvalue weighted by Gasteiger charge is -2.35. The maximum atomic E-state index is 13.4. The van der Waals surface area contributed by atoms with Crippen LogP contribution in [-0.4, -0.2) is 62.3 Å². The van der Waals surface area contributed by atoms with E-state index >= 15 is 0 Å². The van der Waals surface area contributed by atoms with Gasteiger partial charge in [-0.25, -0.2) is 9.37 Å². The van der Waals surface area contributed by atoms with Gasteiger partial charge in [-0.15, -0.1) is 24.0 Å². The van der Waals surface area contributed by atoms with Gasteiger partial charge in [0, 0.05) is 45.0 Å². The fourth-order valence-corrected chi connectivity index (χ4v) is 3.51. The van der Waals surface area contributed by atoms with Crippen LogP contribution in [0.2, 0.25) is 0 Å². The van der Waals surface area contributed by atoms with Crippen LogP contribution < -0.4 is 15.4 Å². The molecule has 2 N–H and O–H groups in total. The van der Waals surface area contributed by atoms with Gasteiger partial charge in [-0.3, -0.25) is 9.89 Å². The summed E-state index contributed by atoms with van der Waals surface area (Å²) in [5, 5.41) is 6.75. The molecule has 0 aliphatic carbocycles. The first-order valence-corrected chi connectivity index (χ1v) is 10.8. The standard InChI is InChI=1S/C23H32FN5O2.HI/c1-3-13-31-22-19(5-4-10-26-22)16-27-23(25-2)28-17-21(29-11-14-30-15-12-29)18-6-8-20(24)9-7-18;/h4-10,21H,3,11-17H2,1-2H3,(H2,25,27,28);1H. The molecule has 176 valence electrons. The molecular formula is C23H33FIN5O2. The van der Waals surface area contributed by atoms with Crippen LogP contribution in [0, 0.1) is 5.82 Å². The van der Waals surface area contributed by atoms with Crippen molar-refractivity contribution in [3.05, 3.63) is 59.5 Å². The first kappa shape index (κ1) is 26.3. The van der Waals surface area contributed by atoms with Crippen molar-refractivity contribution in [2.24, 2.45) is 4.99 Å². The second-order valence-corrected chi connectivity index (χ2v) is 7.34. The summed E-state index contributed by atoms with van der Waals surface area (Å²) in [5.41, 5.74) is 2.04. The average Bonchev–Trinajstić information content (AvgIpc) is 2.82. The number of hydrogen-bond donors (Lipinski definition) is 2. The number of nitrogens with one attached hydrogen (secondary N) is 2. The van der Waals surface area contributed by atoms with Gasteiger partial charge in [0.1, 0.15) is 5.82 Å². The maximum absolute atomic E-state index is 13.4. The van der Waals surface area contributed by atoms with E-state index in [1.54, 1.807) is 13.2 Å². The highest BCUT2D eigenvalue weighted by Crippen LogP contribution is 2.21. The van der Waals surface area contributed by atoms with Gasteiger partial charge in [0.25, 0.3) is 0 Å². The third-order valence-electron chi connectivity index (χ3n) is 5.17. The first-order valence-electron chi connectivity index (χ1n) is 10.8. The molecule has 2 heterocycles. The van der Waals surface area contributed by atoms with E-state index in [4.69, 9.17) is 9.47 Å². The molecule has 1 aliphatic heterocycles. The third kappa shape index (κ3) is 7.86. The van der Waals surface area contributed by atoms with Gasteiger partial charge in [0.2, 0.25) is 5.88 Å². The van der Waals surface area contributed by atoms with Crippen molar-refractivity contribution < 1.29 is 13.9 Å². The van der Waals surface area contributed by atoms with Crippen molar-refractivity contribution in [2.45, 2.75) is 25.9 Å². The van der Waals surface area contributed by atoms with Gasteiger partial charge < -0.3 is 20.1 Å². The SMILES string of the molecule is CCCOc1ncccc1CNC(=NC)NCC(c1ccc(F)cc1)N1CCOCC1.I. The fourth-order valence-electron chi connectivity index (χ4n) is 3.51. The second kappa shape index (κ2) is 14.2. The summed E-state index contributed by atoms with van der Waals surface area (Å²) in [4.78, 5) is 11.0. The predicted molar refractivity (Wildman–Crippen MR) is 135 cm³/mol. The second-order valence-electron chi connectivity index (χ2n) is 7.34. The van der Waals surface area contributed by atoms with Crippen molar-refractivity contribution >= 4 is 29.9 Å².